The number of anilines is 1. The monoisotopic (exact) mass is 413 g/mol. The molecule has 154 valence electrons. The third kappa shape index (κ3) is 3.69. The largest absolute Gasteiger partial charge is 0.330 e. The van der Waals surface area contributed by atoms with E-state index in [1.165, 1.54) is 24.3 Å². The first kappa shape index (κ1) is 20.0. The van der Waals surface area contributed by atoms with Gasteiger partial charge in [-0.15, -0.1) is 0 Å². The van der Waals surface area contributed by atoms with Crippen LogP contribution in [0.4, 0.5) is 11.5 Å². The maximum absolute atomic E-state index is 13.4. The maximum Gasteiger partial charge on any atom is 0.269 e. The second-order valence-corrected chi connectivity index (χ2v) is 7.25. The molecule has 0 saturated heterocycles. The number of rotatable bonds is 4. The zero-order valence-corrected chi connectivity index (χ0v) is 17.0. The molecule has 1 amide bonds. The SMILES string of the molecule is Cc1ccc(-c2c(NC(=O)c3ccc([N+](=O)[O-])cc3)n(C)c3ccccc3c2=O)cc1. The number of hydrogen-bond donors (Lipinski definition) is 1. The van der Waals surface area contributed by atoms with Crippen molar-refractivity contribution in [3.05, 3.63) is 104 Å². The van der Waals surface area contributed by atoms with E-state index in [0.717, 1.165) is 5.56 Å². The minimum Gasteiger partial charge on any atom is -0.330 e. The highest BCUT2D eigenvalue weighted by Gasteiger charge is 2.19. The quantitative estimate of drug-likeness (QED) is 0.388. The summed E-state index contributed by atoms with van der Waals surface area (Å²) in [5, 5.41) is 14.3. The molecule has 4 rings (SSSR count). The van der Waals surface area contributed by atoms with Crippen LogP contribution in [-0.4, -0.2) is 15.4 Å². The molecule has 0 atom stereocenters. The van der Waals surface area contributed by atoms with Crippen molar-refractivity contribution < 1.29 is 9.72 Å². The number of nitro groups is 1. The van der Waals surface area contributed by atoms with Gasteiger partial charge in [-0.2, -0.15) is 0 Å². The maximum atomic E-state index is 13.4. The van der Waals surface area contributed by atoms with E-state index < -0.39 is 10.8 Å². The zero-order chi connectivity index (χ0) is 22.1. The van der Waals surface area contributed by atoms with Gasteiger partial charge in [0.15, 0.2) is 5.43 Å². The topological polar surface area (TPSA) is 94.2 Å². The molecule has 0 unspecified atom stereocenters. The molecule has 0 saturated carbocycles. The average molecular weight is 413 g/mol. The highest BCUT2D eigenvalue weighted by molar-refractivity contribution is 6.07. The summed E-state index contributed by atoms with van der Waals surface area (Å²) < 4.78 is 1.77. The number of aromatic nitrogens is 1. The number of pyridine rings is 1. The first-order valence-electron chi connectivity index (χ1n) is 9.61. The van der Waals surface area contributed by atoms with E-state index in [-0.39, 0.29) is 16.7 Å². The van der Waals surface area contributed by atoms with Crippen LogP contribution in [0.1, 0.15) is 15.9 Å². The molecule has 0 bridgehead atoms. The molecule has 3 aromatic carbocycles. The lowest BCUT2D eigenvalue weighted by Crippen LogP contribution is -2.21. The zero-order valence-electron chi connectivity index (χ0n) is 17.0. The lowest BCUT2D eigenvalue weighted by molar-refractivity contribution is -0.384. The van der Waals surface area contributed by atoms with Crippen LogP contribution in [0.3, 0.4) is 0 Å². The van der Waals surface area contributed by atoms with Crippen LogP contribution in [0.25, 0.3) is 22.0 Å². The first-order chi connectivity index (χ1) is 14.9. The molecule has 4 aromatic rings. The Kier molecular flexibility index (Phi) is 5.09. The van der Waals surface area contributed by atoms with Gasteiger partial charge in [0.2, 0.25) is 0 Å². The molecule has 0 fully saturated rings. The fraction of sp³-hybridized carbons (Fsp3) is 0.0833. The Bertz CT molecular complexity index is 1370. The normalized spacial score (nSPS) is 10.8. The average Bonchev–Trinajstić information content (AvgIpc) is 2.78. The molecule has 0 radical (unpaired) electrons. The van der Waals surface area contributed by atoms with Gasteiger partial charge in [0.1, 0.15) is 5.82 Å². The summed E-state index contributed by atoms with van der Waals surface area (Å²) in [6, 6.07) is 20.0. The van der Waals surface area contributed by atoms with E-state index in [1.807, 2.05) is 43.3 Å². The summed E-state index contributed by atoms with van der Waals surface area (Å²) in [6.07, 6.45) is 0. The van der Waals surface area contributed by atoms with Crippen LogP contribution in [0.2, 0.25) is 0 Å². The van der Waals surface area contributed by atoms with Gasteiger partial charge in [-0.25, -0.2) is 0 Å². The fourth-order valence-electron chi connectivity index (χ4n) is 3.54. The molecule has 1 heterocycles. The summed E-state index contributed by atoms with van der Waals surface area (Å²) in [6.45, 7) is 1.96. The Balaban J connectivity index is 1.87. The minimum atomic E-state index is -0.524. The lowest BCUT2D eigenvalue weighted by atomic mass is 10.0. The van der Waals surface area contributed by atoms with Gasteiger partial charge in [0, 0.05) is 30.1 Å². The third-order valence-electron chi connectivity index (χ3n) is 5.22. The van der Waals surface area contributed by atoms with Crippen LogP contribution in [0.15, 0.2) is 77.6 Å². The number of nitrogens with zero attached hydrogens (tertiary/aromatic N) is 2. The van der Waals surface area contributed by atoms with Crippen molar-refractivity contribution in [2.45, 2.75) is 6.92 Å². The predicted octanol–water partition coefficient (Wildman–Crippen LogP) is 4.67. The molecule has 1 N–H and O–H groups in total. The van der Waals surface area contributed by atoms with Crippen LogP contribution >= 0.6 is 0 Å². The van der Waals surface area contributed by atoms with E-state index in [2.05, 4.69) is 5.32 Å². The van der Waals surface area contributed by atoms with Crippen LogP contribution in [-0.2, 0) is 7.05 Å². The summed E-state index contributed by atoms with van der Waals surface area (Å²) in [5.41, 5.74) is 2.78. The number of non-ortho nitro benzene ring substituents is 1. The number of nitro benzene ring substituents is 1. The molecule has 1 aromatic heterocycles. The molecule has 0 aliphatic rings. The second kappa shape index (κ2) is 7.87. The Morgan fingerprint density at radius 3 is 2.26 bits per heavy atom. The molecule has 0 aliphatic heterocycles. The molecule has 7 nitrogen and oxygen atoms in total. The van der Waals surface area contributed by atoms with Crippen LogP contribution in [0, 0.1) is 17.0 Å². The Hall–Kier alpha value is -4.26. The Morgan fingerprint density at radius 2 is 1.61 bits per heavy atom. The van der Waals surface area contributed by atoms with Crippen molar-refractivity contribution in [3.63, 3.8) is 0 Å². The molecule has 0 aliphatic carbocycles. The van der Waals surface area contributed by atoms with Crippen molar-refractivity contribution in [2.75, 3.05) is 5.32 Å². The predicted molar refractivity (Wildman–Crippen MR) is 120 cm³/mol. The lowest BCUT2D eigenvalue weighted by Gasteiger charge is -2.18. The van der Waals surface area contributed by atoms with Crippen molar-refractivity contribution in [1.29, 1.82) is 0 Å². The molecule has 0 spiro atoms. The number of amides is 1. The van der Waals surface area contributed by atoms with Gasteiger partial charge in [0.05, 0.1) is 16.0 Å². The van der Waals surface area contributed by atoms with Crippen molar-refractivity contribution in [1.82, 2.24) is 4.57 Å². The third-order valence-corrected chi connectivity index (χ3v) is 5.22. The molecular weight excluding hydrogens is 394 g/mol. The molecule has 7 heteroatoms. The summed E-state index contributed by atoms with van der Waals surface area (Å²) in [7, 11) is 1.78. The Morgan fingerprint density at radius 1 is 0.968 bits per heavy atom. The van der Waals surface area contributed by atoms with Gasteiger partial charge < -0.3 is 9.88 Å². The fourth-order valence-corrected chi connectivity index (χ4v) is 3.54. The smallest absolute Gasteiger partial charge is 0.269 e. The van der Waals surface area contributed by atoms with Crippen molar-refractivity contribution in [3.8, 4) is 11.1 Å². The number of aryl methyl sites for hydroxylation is 2. The number of benzene rings is 3. The van der Waals surface area contributed by atoms with Gasteiger partial charge >= 0.3 is 0 Å². The number of hydrogen-bond acceptors (Lipinski definition) is 4. The first-order valence-corrected chi connectivity index (χ1v) is 9.61. The number of carbonyl (C=O) groups is 1. The van der Waals surface area contributed by atoms with E-state index in [1.54, 1.807) is 23.7 Å². The van der Waals surface area contributed by atoms with E-state index >= 15 is 0 Å². The standard InChI is InChI=1S/C24H19N3O4/c1-15-7-9-16(10-8-15)21-22(28)19-5-3-4-6-20(19)26(2)23(21)25-24(29)17-11-13-18(14-12-17)27(30)31/h3-14H,1-2H3,(H,25,29). The summed E-state index contributed by atoms with van der Waals surface area (Å²) in [5.74, 6) is -0.107. The minimum absolute atomic E-state index is 0.102. The summed E-state index contributed by atoms with van der Waals surface area (Å²) >= 11 is 0. The van der Waals surface area contributed by atoms with E-state index in [4.69, 9.17) is 0 Å². The van der Waals surface area contributed by atoms with Gasteiger partial charge in [-0.05, 0) is 36.8 Å². The van der Waals surface area contributed by atoms with Gasteiger partial charge in [0.25, 0.3) is 11.6 Å². The number of para-hydroxylation sites is 1. The van der Waals surface area contributed by atoms with Gasteiger partial charge in [-0.3, -0.25) is 19.7 Å². The molecular formula is C24H19N3O4. The van der Waals surface area contributed by atoms with Crippen molar-refractivity contribution >= 4 is 28.3 Å². The van der Waals surface area contributed by atoms with Crippen LogP contribution < -0.4 is 10.7 Å². The van der Waals surface area contributed by atoms with Crippen LogP contribution in [0.5, 0.6) is 0 Å². The Labute approximate surface area is 177 Å². The van der Waals surface area contributed by atoms with E-state index in [0.29, 0.717) is 27.8 Å². The number of nitrogens with one attached hydrogen (secondary N) is 1. The van der Waals surface area contributed by atoms with Crippen molar-refractivity contribution in [2.24, 2.45) is 7.05 Å². The molecule has 31 heavy (non-hydrogen) atoms. The number of carbonyl (C=O) groups excluding carboxylic acids is 1. The number of fused-ring (bicyclic) bond motifs is 1. The summed E-state index contributed by atoms with van der Waals surface area (Å²) in [4.78, 5) is 36.7. The van der Waals surface area contributed by atoms with E-state index in [9.17, 15) is 19.7 Å². The highest BCUT2D eigenvalue weighted by Crippen LogP contribution is 2.29. The highest BCUT2D eigenvalue weighted by atomic mass is 16.6. The second-order valence-electron chi connectivity index (χ2n) is 7.25. The van der Waals surface area contributed by atoms with Gasteiger partial charge in [-0.1, -0.05) is 42.0 Å².